The third-order valence-electron chi connectivity index (χ3n) is 3.91. The lowest BCUT2D eigenvalue weighted by Crippen LogP contribution is -2.10. The van der Waals surface area contributed by atoms with Crippen LogP contribution < -0.4 is 10.6 Å². The number of aryl methyl sites for hydroxylation is 2. The Hall–Kier alpha value is -2.80. The highest BCUT2D eigenvalue weighted by atomic mass is 16.5. The van der Waals surface area contributed by atoms with Gasteiger partial charge in [-0.15, -0.1) is 0 Å². The molecule has 130 valence electrons. The Morgan fingerprint density at radius 3 is 2.68 bits per heavy atom. The molecule has 0 aliphatic heterocycles. The van der Waals surface area contributed by atoms with Gasteiger partial charge in [0, 0.05) is 38.3 Å². The van der Waals surface area contributed by atoms with E-state index in [4.69, 9.17) is 4.74 Å². The lowest BCUT2D eigenvalue weighted by molar-refractivity contribution is 0.197. The second-order valence-corrected chi connectivity index (χ2v) is 5.82. The van der Waals surface area contributed by atoms with Crippen molar-refractivity contribution in [1.82, 2.24) is 19.9 Å². The topological polar surface area (TPSA) is 84.9 Å². The summed E-state index contributed by atoms with van der Waals surface area (Å²) in [6.45, 7) is 5.59. The SMILES string of the molecule is COCCCNc1nc(Nc2ccc(C)c(C)c2)c2nccnc2n1. The van der Waals surface area contributed by atoms with Gasteiger partial charge in [0.15, 0.2) is 17.0 Å². The first-order chi connectivity index (χ1) is 12.2. The van der Waals surface area contributed by atoms with Crippen molar-refractivity contribution >= 4 is 28.6 Å². The van der Waals surface area contributed by atoms with E-state index < -0.39 is 0 Å². The number of aromatic nitrogens is 4. The maximum Gasteiger partial charge on any atom is 0.226 e. The van der Waals surface area contributed by atoms with E-state index in [0.29, 0.717) is 29.5 Å². The van der Waals surface area contributed by atoms with Crippen molar-refractivity contribution < 1.29 is 4.74 Å². The zero-order valence-electron chi connectivity index (χ0n) is 14.7. The Labute approximate surface area is 146 Å². The number of methoxy groups -OCH3 is 1. The minimum Gasteiger partial charge on any atom is -0.385 e. The van der Waals surface area contributed by atoms with Gasteiger partial charge in [-0.05, 0) is 43.5 Å². The summed E-state index contributed by atoms with van der Waals surface area (Å²) >= 11 is 0. The monoisotopic (exact) mass is 338 g/mol. The molecule has 0 saturated heterocycles. The fourth-order valence-corrected chi connectivity index (χ4v) is 2.40. The molecule has 0 saturated carbocycles. The van der Waals surface area contributed by atoms with Crippen molar-refractivity contribution in [2.45, 2.75) is 20.3 Å². The summed E-state index contributed by atoms with van der Waals surface area (Å²) in [4.78, 5) is 17.7. The van der Waals surface area contributed by atoms with Crippen LogP contribution in [0, 0.1) is 13.8 Å². The Kier molecular flexibility index (Phi) is 5.35. The second kappa shape index (κ2) is 7.85. The van der Waals surface area contributed by atoms with Crippen molar-refractivity contribution in [3.05, 3.63) is 41.7 Å². The first-order valence-electron chi connectivity index (χ1n) is 8.23. The van der Waals surface area contributed by atoms with Gasteiger partial charge in [-0.25, -0.2) is 9.97 Å². The molecule has 7 nitrogen and oxygen atoms in total. The van der Waals surface area contributed by atoms with E-state index in [0.717, 1.165) is 18.7 Å². The maximum atomic E-state index is 5.06. The van der Waals surface area contributed by atoms with Crippen molar-refractivity contribution in [2.24, 2.45) is 0 Å². The summed E-state index contributed by atoms with van der Waals surface area (Å²) in [7, 11) is 1.69. The Morgan fingerprint density at radius 1 is 1.04 bits per heavy atom. The molecule has 7 heteroatoms. The third-order valence-corrected chi connectivity index (χ3v) is 3.91. The highest BCUT2D eigenvalue weighted by molar-refractivity contribution is 5.85. The van der Waals surface area contributed by atoms with E-state index in [9.17, 15) is 0 Å². The lowest BCUT2D eigenvalue weighted by atomic mass is 10.1. The van der Waals surface area contributed by atoms with Crippen molar-refractivity contribution in [3.63, 3.8) is 0 Å². The van der Waals surface area contributed by atoms with Crippen LogP contribution in [0.4, 0.5) is 17.5 Å². The molecule has 25 heavy (non-hydrogen) atoms. The normalized spacial score (nSPS) is 10.8. The molecule has 3 aromatic rings. The third kappa shape index (κ3) is 4.19. The molecule has 0 fully saturated rings. The van der Waals surface area contributed by atoms with Gasteiger partial charge in [0.05, 0.1) is 0 Å². The number of benzene rings is 1. The molecule has 0 amide bonds. The van der Waals surface area contributed by atoms with Gasteiger partial charge in [0.2, 0.25) is 5.95 Å². The van der Waals surface area contributed by atoms with Crippen molar-refractivity contribution in [3.8, 4) is 0 Å². The number of ether oxygens (including phenoxy) is 1. The van der Waals surface area contributed by atoms with E-state index in [2.05, 4.69) is 56.5 Å². The Balaban J connectivity index is 1.90. The molecule has 0 aliphatic carbocycles. The second-order valence-electron chi connectivity index (χ2n) is 5.82. The number of anilines is 3. The summed E-state index contributed by atoms with van der Waals surface area (Å²) in [6, 6.07) is 6.19. The number of nitrogens with zero attached hydrogens (tertiary/aromatic N) is 4. The molecule has 2 heterocycles. The average molecular weight is 338 g/mol. The maximum absolute atomic E-state index is 5.06. The molecule has 0 radical (unpaired) electrons. The molecular formula is C18H22N6O. The molecule has 0 unspecified atom stereocenters. The summed E-state index contributed by atoms with van der Waals surface area (Å²) in [5.74, 6) is 1.16. The van der Waals surface area contributed by atoms with E-state index in [-0.39, 0.29) is 0 Å². The van der Waals surface area contributed by atoms with Gasteiger partial charge in [-0.3, -0.25) is 0 Å². The number of hydrogen-bond donors (Lipinski definition) is 2. The molecule has 0 spiro atoms. The highest BCUT2D eigenvalue weighted by Crippen LogP contribution is 2.23. The van der Waals surface area contributed by atoms with Gasteiger partial charge < -0.3 is 15.4 Å². The molecule has 2 aromatic heterocycles. The predicted octanol–water partition coefficient (Wildman–Crippen LogP) is 3.23. The quantitative estimate of drug-likeness (QED) is 0.640. The van der Waals surface area contributed by atoms with Gasteiger partial charge in [-0.1, -0.05) is 6.07 Å². The molecule has 2 N–H and O–H groups in total. The number of nitrogens with one attached hydrogen (secondary N) is 2. The number of fused-ring (bicyclic) bond motifs is 1. The summed E-state index contributed by atoms with van der Waals surface area (Å²) < 4.78 is 5.06. The van der Waals surface area contributed by atoms with E-state index in [1.54, 1.807) is 19.5 Å². The van der Waals surface area contributed by atoms with E-state index in [1.807, 2.05) is 6.07 Å². The van der Waals surface area contributed by atoms with Crippen LogP contribution in [0.15, 0.2) is 30.6 Å². The number of rotatable bonds is 7. The van der Waals surface area contributed by atoms with E-state index in [1.165, 1.54) is 11.1 Å². The molecule has 1 aromatic carbocycles. The minimum atomic E-state index is 0.524. The van der Waals surface area contributed by atoms with Gasteiger partial charge in [0.1, 0.15) is 0 Å². The highest BCUT2D eigenvalue weighted by Gasteiger charge is 2.10. The van der Waals surface area contributed by atoms with Gasteiger partial charge in [-0.2, -0.15) is 9.97 Å². The fraction of sp³-hybridized carbons (Fsp3) is 0.333. The average Bonchev–Trinajstić information content (AvgIpc) is 2.62. The first-order valence-corrected chi connectivity index (χ1v) is 8.23. The minimum absolute atomic E-state index is 0.524. The fourth-order valence-electron chi connectivity index (χ4n) is 2.40. The predicted molar refractivity (Wildman–Crippen MR) is 99.3 cm³/mol. The first kappa shape index (κ1) is 17.0. The van der Waals surface area contributed by atoms with Crippen LogP contribution in [0.3, 0.4) is 0 Å². The molecule has 0 aliphatic rings. The van der Waals surface area contributed by atoms with Crippen LogP contribution in [0.2, 0.25) is 0 Å². The Bertz CT molecular complexity index is 867. The molecule has 3 rings (SSSR count). The van der Waals surface area contributed by atoms with Crippen LogP contribution >= 0.6 is 0 Å². The number of hydrogen-bond acceptors (Lipinski definition) is 7. The summed E-state index contributed by atoms with van der Waals surface area (Å²) in [5, 5.41) is 6.55. The van der Waals surface area contributed by atoms with Crippen molar-refractivity contribution in [2.75, 3.05) is 30.9 Å². The molecule has 0 bridgehead atoms. The zero-order valence-corrected chi connectivity index (χ0v) is 14.7. The lowest BCUT2D eigenvalue weighted by Gasteiger charge is -2.11. The van der Waals surface area contributed by atoms with E-state index >= 15 is 0 Å². The van der Waals surface area contributed by atoms with Gasteiger partial charge >= 0.3 is 0 Å². The van der Waals surface area contributed by atoms with Gasteiger partial charge in [0.25, 0.3) is 0 Å². The summed E-state index contributed by atoms with van der Waals surface area (Å²) in [6.07, 6.45) is 4.14. The largest absolute Gasteiger partial charge is 0.385 e. The van der Waals surface area contributed by atoms with Crippen LogP contribution in [0.25, 0.3) is 11.2 Å². The Morgan fingerprint density at radius 2 is 1.88 bits per heavy atom. The standard InChI is InChI=1S/C18H22N6O/c1-12-5-6-14(11-13(12)2)22-17-15-16(20-9-8-19-15)23-18(24-17)21-7-4-10-25-3/h5-6,8-9,11H,4,7,10H2,1-3H3,(H2,20,21,22,23,24). The molecular weight excluding hydrogens is 316 g/mol. The van der Waals surface area contributed by atoms with Crippen molar-refractivity contribution in [1.29, 1.82) is 0 Å². The zero-order chi connectivity index (χ0) is 17.6. The van der Waals surface area contributed by atoms with Crippen LogP contribution in [-0.2, 0) is 4.74 Å². The summed E-state index contributed by atoms with van der Waals surface area (Å²) in [5.41, 5.74) is 4.62. The van der Waals surface area contributed by atoms with Crippen LogP contribution in [0.5, 0.6) is 0 Å². The smallest absolute Gasteiger partial charge is 0.226 e. The van der Waals surface area contributed by atoms with Crippen LogP contribution in [-0.4, -0.2) is 40.2 Å². The van der Waals surface area contributed by atoms with Crippen LogP contribution in [0.1, 0.15) is 17.5 Å². The molecule has 0 atom stereocenters.